The molecule has 5 nitrogen and oxygen atoms in total. The molecule has 8 heteroatoms. The number of halogens is 3. The molecule has 1 atom stereocenters. The number of amides is 2. The number of hydrogen-bond acceptors (Lipinski definition) is 3. The van der Waals surface area contributed by atoms with Gasteiger partial charge in [0.2, 0.25) is 5.91 Å². The Labute approximate surface area is 151 Å². The van der Waals surface area contributed by atoms with Crippen LogP contribution in [0.25, 0.3) is 0 Å². The van der Waals surface area contributed by atoms with Crippen molar-refractivity contribution in [3.05, 3.63) is 33.8 Å². The van der Waals surface area contributed by atoms with E-state index in [0.29, 0.717) is 48.1 Å². The highest BCUT2D eigenvalue weighted by molar-refractivity contribution is 6.35. The van der Waals surface area contributed by atoms with Crippen molar-refractivity contribution in [2.75, 3.05) is 19.6 Å². The minimum Gasteiger partial charge on any atom is -0.354 e. The van der Waals surface area contributed by atoms with Gasteiger partial charge in [-0.1, -0.05) is 23.2 Å². The fourth-order valence-corrected chi connectivity index (χ4v) is 2.90. The maximum atomic E-state index is 12.6. The Hall–Kier alpha value is -1.01. The number of nitrogens with zero attached hydrogens (tertiary/aromatic N) is 1. The van der Waals surface area contributed by atoms with Crippen LogP contribution in [0, 0.1) is 0 Å². The smallest absolute Gasteiger partial charge is 0.256 e. The topological polar surface area (TPSA) is 75.4 Å². The van der Waals surface area contributed by atoms with Gasteiger partial charge in [0.1, 0.15) is 6.04 Å². The fourth-order valence-electron chi connectivity index (χ4n) is 2.53. The van der Waals surface area contributed by atoms with E-state index >= 15 is 0 Å². The van der Waals surface area contributed by atoms with Gasteiger partial charge in [-0.05, 0) is 44.0 Å². The summed E-state index contributed by atoms with van der Waals surface area (Å²) in [7, 11) is 0. The molecule has 0 aromatic heterocycles. The summed E-state index contributed by atoms with van der Waals surface area (Å²) in [4.78, 5) is 26.4. The van der Waals surface area contributed by atoms with Crippen LogP contribution in [-0.4, -0.2) is 42.4 Å². The fraction of sp³-hybridized carbons (Fsp3) is 0.467. The lowest BCUT2D eigenvalue weighted by molar-refractivity contribution is -0.124. The number of rotatable bonds is 5. The molecule has 1 fully saturated rings. The molecule has 1 aromatic rings. The van der Waals surface area contributed by atoms with E-state index in [1.807, 2.05) is 0 Å². The number of carbonyl (C=O) groups is 2. The molecule has 0 spiro atoms. The van der Waals surface area contributed by atoms with Gasteiger partial charge in [-0.15, -0.1) is 12.4 Å². The zero-order chi connectivity index (χ0) is 16.1. The van der Waals surface area contributed by atoms with Gasteiger partial charge < -0.3 is 16.0 Å². The number of nitrogens with two attached hydrogens (primary N) is 1. The summed E-state index contributed by atoms with van der Waals surface area (Å²) < 4.78 is 0. The molecule has 0 aliphatic carbocycles. The van der Waals surface area contributed by atoms with Crippen molar-refractivity contribution >= 4 is 47.4 Å². The van der Waals surface area contributed by atoms with Crippen molar-refractivity contribution in [2.45, 2.75) is 25.3 Å². The van der Waals surface area contributed by atoms with Gasteiger partial charge in [0.05, 0.1) is 10.6 Å². The van der Waals surface area contributed by atoms with E-state index < -0.39 is 6.04 Å². The van der Waals surface area contributed by atoms with E-state index in [1.165, 1.54) is 6.07 Å². The lowest BCUT2D eigenvalue weighted by Gasteiger charge is -2.24. The molecule has 1 aliphatic rings. The Morgan fingerprint density at radius 1 is 1.35 bits per heavy atom. The predicted octanol–water partition coefficient (Wildman–Crippen LogP) is 2.48. The van der Waals surface area contributed by atoms with Crippen LogP contribution in [0.15, 0.2) is 18.2 Å². The van der Waals surface area contributed by atoms with Crippen LogP contribution in [0.1, 0.15) is 29.6 Å². The molecule has 128 valence electrons. The first-order chi connectivity index (χ1) is 10.5. The van der Waals surface area contributed by atoms with E-state index in [2.05, 4.69) is 5.32 Å². The molecular formula is C15H20Cl3N3O2. The van der Waals surface area contributed by atoms with Crippen LogP contribution in [-0.2, 0) is 4.79 Å². The summed E-state index contributed by atoms with van der Waals surface area (Å²) in [6.07, 6.45) is 2.16. The molecule has 1 heterocycles. The maximum Gasteiger partial charge on any atom is 0.256 e. The summed E-state index contributed by atoms with van der Waals surface area (Å²) in [5.41, 5.74) is 5.74. The van der Waals surface area contributed by atoms with Crippen LogP contribution in [0.3, 0.4) is 0 Å². The first kappa shape index (κ1) is 20.0. The lowest BCUT2D eigenvalue weighted by atomic mass is 10.1. The first-order valence-electron chi connectivity index (χ1n) is 7.28. The van der Waals surface area contributed by atoms with E-state index in [4.69, 9.17) is 28.9 Å². The third kappa shape index (κ3) is 4.98. The lowest BCUT2D eigenvalue weighted by Crippen LogP contribution is -2.46. The molecule has 1 aliphatic heterocycles. The molecule has 0 saturated carbocycles. The first-order valence-corrected chi connectivity index (χ1v) is 8.04. The van der Waals surface area contributed by atoms with Gasteiger partial charge in [-0.3, -0.25) is 9.59 Å². The highest BCUT2D eigenvalue weighted by Crippen LogP contribution is 2.26. The quantitative estimate of drug-likeness (QED) is 0.771. The number of hydrogen-bond donors (Lipinski definition) is 2. The van der Waals surface area contributed by atoms with Gasteiger partial charge in [-0.2, -0.15) is 0 Å². The second kappa shape index (κ2) is 9.33. The van der Waals surface area contributed by atoms with Crippen molar-refractivity contribution < 1.29 is 9.59 Å². The molecule has 23 heavy (non-hydrogen) atoms. The maximum absolute atomic E-state index is 12.6. The molecule has 2 amide bonds. The average Bonchev–Trinajstić information content (AvgIpc) is 2.98. The summed E-state index contributed by atoms with van der Waals surface area (Å²) in [6.45, 7) is 1.58. The van der Waals surface area contributed by atoms with E-state index in [9.17, 15) is 9.59 Å². The van der Waals surface area contributed by atoms with Crippen LogP contribution in [0.5, 0.6) is 0 Å². The van der Waals surface area contributed by atoms with E-state index in [0.717, 1.165) is 6.42 Å². The Morgan fingerprint density at radius 3 is 2.78 bits per heavy atom. The normalized spacial score (nSPS) is 16.8. The van der Waals surface area contributed by atoms with Crippen molar-refractivity contribution in [1.82, 2.24) is 10.2 Å². The summed E-state index contributed by atoms with van der Waals surface area (Å²) >= 11 is 12.0. The van der Waals surface area contributed by atoms with Crippen LogP contribution < -0.4 is 11.1 Å². The molecule has 2 rings (SSSR count). The Kier molecular flexibility index (Phi) is 8.12. The molecule has 3 N–H and O–H groups in total. The molecule has 1 aromatic carbocycles. The number of likely N-dealkylation sites (tertiary alicyclic amines) is 1. The molecule has 1 unspecified atom stereocenters. The SMILES string of the molecule is Cl.NCCCNC(=O)C1CCCN1C(=O)c1cc(Cl)ccc1Cl. The van der Waals surface area contributed by atoms with Gasteiger partial charge in [0, 0.05) is 18.1 Å². The van der Waals surface area contributed by atoms with Gasteiger partial charge in [0.25, 0.3) is 5.91 Å². The number of carbonyl (C=O) groups excluding carboxylic acids is 2. The Balaban J connectivity index is 0.00000264. The van der Waals surface area contributed by atoms with Crippen molar-refractivity contribution in [3.63, 3.8) is 0 Å². The summed E-state index contributed by atoms with van der Waals surface area (Å²) in [5.74, 6) is -0.401. The van der Waals surface area contributed by atoms with Gasteiger partial charge in [-0.25, -0.2) is 0 Å². The largest absolute Gasteiger partial charge is 0.354 e. The third-order valence-corrected chi connectivity index (χ3v) is 4.22. The Morgan fingerprint density at radius 2 is 2.09 bits per heavy atom. The van der Waals surface area contributed by atoms with Gasteiger partial charge >= 0.3 is 0 Å². The van der Waals surface area contributed by atoms with E-state index in [-0.39, 0.29) is 24.2 Å². The van der Waals surface area contributed by atoms with Crippen molar-refractivity contribution in [2.24, 2.45) is 5.73 Å². The predicted molar refractivity (Wildman–Crippen MR) is 94.4 cm³/mol. The van der Waals surface area contributed by atoms with Crippen LogP contribution >= 0.6 is 35.6 Å². The number of benzene rings is 1. The van der Waals surface area contributed by atoms with Crippen molar-refractivity contribution in [3.8, 4) is 0 Å². The van der Waals surface area contributed by atoms with Crippen molar-refractivity contribution in [1.29, 1.82) is 0 Å². The molecular weight excluding hydrogens is 361 g/mol. The zero-order valence-electron chi connectivity index (χ0n) is 12.6. The van der Waals surface area contributed by atoms with E-state index in [1.54, 1.807) is 17.0 Å². The summed E-state index contributed by atoms with van der Waals surface area (Å²) in [6, 6.07) is 4.29. The standard InChI is InChI=1S/C15H19Cl2N3O2.ClH/c16-10-4-5-12(17)11(9-10)15(22)20-8-1-3-13(20)14(21)19-7-2-6-18;/h4-5,9,13H,1-3,6-8,18H2,(H,19,21);1H. The van der Waals surface area contributed by atoms with Crippen LogP contribution in [0.2, 0.25) is 10.0 Å². The number of nitrogens with one attached hydrogen (secondary N) is 1. The molecule has 0 bridgehead atoms. The Bertz CT molecular complexity index is 569. The third-order valence-electron chi connectivity index (χ3n) is 3.66. The highest BCUT2D eigenvalue weighted by Gasteiger charge is 2.35. The zero-order valence-corrected chi connectivity index (χ0v) is 14.9. The minimum atomic E-state index is -0.458. The highest BCUT2D eigenvalue weighted by atomic mass is 35.5. The van der Waals surface area contributed by atoms with Crippen LogP contribution in [0.4, 0.5) is 0 Å². The second-order valence-corrected chi connectivity index (χ2v) is 6.06. The minimum absolute atomic E-state index is 0. The molecule has 0 radical (unpaired) electrons. The monoisotopic (exact) mass is 379 g/mol. The second-order valence-electron chi connectivity index (χ2n) is 5.21. The summed E-state index contributed by atoms with van der Waals surface area (Å²) in [5, 5.41) is 3.59. The average molecular weight is 381 g/mol. The molecule has 1 saturated heterocycles. The van der Waals surface area contributed by atoms with Gasteiger partial charge in [0.15, 0.2) is 0 Å².